The fourth-order valence-corrected chi connectivity index (χ4v) is 5.96. The highest BCUT2D eigenvalue weighted by molar-refractivity contribution is 5.91. The highest BCUT2D eigenvalue weighted by Crippen LogP contribution is 2.29. The molecule has 0 atom stereocenters. The van der Waals surface area contributed by atoms with Crippen molar-refractivity contribution in [2.24, 2.45) is 0 Å². The molecule has 9 nitrogen and oxygen atoms in total. The molecule has 0 unspecified atom stereocenters. The van der Waals surface area contributed by atoms with Gasteiger partial charge in [0.05, 0.1) is 28.8 Å². The second-order valence-corrected chi connectivity index (χ2v) is 11.1. The molecule has 3 aromatic carbocycles. The van der Waals surface area contributed by atoms with E-state index in [-0.39, 0.29) is 0 Å². The number of fused-ring (bicyclic) bond motifs is 2. The summed E-state index contributed by atoms with van der Waals surface area (Å²) < 4.78 is 1.54. The van der Waals surface area contributed by atoms with E-state index in [0.717, 1.165) is 78.4 Å². The van der Waals surface area contributed by atoms with Crippen LogP contribution < -0.4 is 16.0 Å². The van der Waals surface area contributed by atoms with E-state index < -0.39 is 11.1 Å². The minimum Gasteiger partial charge on any atom is -0.367 e. The van der Waals surface area contributed by atoms with Crippen LogP contribution >= 0.6 is 0 Å². The van der Waals surface area contributed by atoms with E-state index >= 15 is 0 Å². The lowest BCUT2D eigenvalue weighted by atomic mass is 10.1. The Morgan fingerprint density at radius 3 is 2.30 bits per heavy atom. The lowest BCUT2D eigenvalue weighted by molar-refractivity contribution is 0.250. The number of pyridine rings is 1. The highest BCUT2D eigenvalue weighted by atomic mass is 16.2. The van der Waals surface area contributed by atoms with Crippen LogP contribution in [-0.2, 0) is 19.5 Å². The van der Waals surface area contributed by atoms with Gasteiger partial charge in [-0.05, 0) is 59.5 Å². The first kappa shape index (κ1) is 26.9. The predicted octanol–water partition coefficient (Wildman–Crippen LogP) is 4.56. The molecule has 9 heteroatoms. The molecule has 2 N–H and O–H groups in total. The Kier molecular flexibility index (Phi) is 7.08. The molecule has 0 bridgehead atoms. The normalized spacial score (nSPS) is 14.1. The fourth-order valence-electron chi connectivity index (χ4n) is 5.96. The number of piperazine rings is 1. The largest absolute Gasteiger partial charge is 0.367 e. The number of anilines is 1. The van der Waals surface area contributed by atoms with Crippen LogP contribution in [0.1, 0.15) is 23.6 Å². The van der Waals surface area contributed by atoms with Crippen molar-refractivity contribution >= 4 is 27.8 Å². The molecule has 0 radical (unpaired) electrons. The third-order valence-corrected chi connectivity index (χ3v) is 8.38. The van der Waals surface area contributed by atoms with Crippen molar-refractivity contribution in [3.63, 3.8) is 0 Å². The quantitative estimate of drug-likeness (QED) is 0.273. The summed E-state index contributed by atoms with van der Waals surface area (Å²) >= 11 is 0. The number of H-pyrrole nitrogens is 2. The monoisotopic (exact) mass is 571 g/mol. The van der Waals surface area contributed by atoms with E-state index in [1.807, 2.05) is 24.3 Å². The first-order chi connectivity index (χ1) is 21.1. The Bertz CT molecular complexity index is 2020. The van der Waals surface area contributed by atoms with Crippen LogP contribution in [0.5, 0.6) is 0 Å². The van der Waals surface area contributed by atoms with Gasteiger partial charge in [-0.15, -0.1) is 0 Å². The predicted molar refractivity (Wildman–Crippen MR) is 171 cm³/mol. The van der Waals surface area contributed by atoms with Gasteiger partial charge in [-0.2, -0.15) is 0 Å². The summed E-state index contributed by atoms with van der Waals surface area (Å²) in [6.45, 7) is 6.84. The van der Waals surface area contributed by atoms with Gasteiger partial charge in [-0.25, -0.2) is 4.98 Å². The second kappa shape index (κ2) is 11.3. The van der Waals surface area contributed by atoms with Crippen molar-refractivity contribution in [1.82, 2.24) is 29.4 Å². The number of hydrogen-bond donors (Lipinski definition) is 2. The van der Waals surface area contributed by atoms with Gasteiger partial charge in [0.15, 0.2) is 0 Å². The molecule has 1 fully saturated rings. The average Bonchev–Trinajstić information content (AvgIpc) is 3.49. The molecular formula is C34H33N7O2. The standard InChI is InChI=1S/C34H33N7O2/c1-2-23-6-9-26(10-7-23)32-36-27-4-3-5-30(31(27)38-32)40-18-16-39(17-19-40)21-25-8-11-29-28(20-25)37-33(42)34(43)41(29)22-24-12-14-35-15-13-24/h3-15,20H,2,16-19,21-22H2,1H3,(H,36,38)(H,37,42). The maximum atomic E-state index is 12.7. The highest BCUT2D eigenvalue weighted by Gasteiger charge is 2.21. The van der Waals surface area contributed by atoms with Crippen LogP contribution in [0, 0.1) is 0 Å². The Morgan fingerprint density at radius 1 is 0.767 bits per heavy atom. The van der Waals surface area contributed by atoms with E-state index in [9.17, 15) is 9.59 Å². The molecule has 7 rings (SSSR count). The lowest BCUT2D eigenvalue weighted by Crippen LogP contribution is -2.46. The molecule has 0 spiro atoms. The summed E-state index contributed by atoms with van der Waals surface area (Å²) in [4.78, 5) is 45.4. The van der Waals surface area contributed by atoms with Crippen molar-refractivity contribution in [3.05, 3.63) is 123 Å². The van der Waals surface area contributed by atoms with Crippen molar-refractivity contribution in [3.8, 4) is 11.4 Å². The maximum absolute atomic E-state index is 12.7. The van der Waals surface area contributed by atoms with Gasteiger partial charge in [-0.3, -0.25) is 24.0 Å². The zero-order chi connectivity index (χ0) is 29.3. The smallest absolute Gasteiger partial charge is 0.317 e. The molecule has 1 saturated heterocycles. The summed E-state index contributed by atoms with van der Waals surface area (Å²) in [5.41, 5.74) is 7.83. The SMILES string of the molecule is CCc1ccc(-c2nc3c(N4CCN(Cc5ccc6c(c5)[nH]c(=O)c(=O)n6Cc5ccncc5)CC4)cccc3[nH]2)cc1. The molecule has 0 amide bonds. The summed E-state index contributed by atoms with van der Waals surface area (Å²) in [5, 5.41) is 0. The molecule has 1 aliphatic heterocycles. The van der Waals surface area contributed by atoms with Crippen LogP contribution in [0.25, 0.3) is 33.5 Å². The van der Waals surface area contributed by atoms with Crippen LogP contribution in [0.4, 0.5) is 5.69 Å². The Morgan fingerprint density at radius 2 is 1.53 bits per heavy atom. The van der Waals surface area contributed by atoms with Crippen molar-refractivity contribution < 1.29 is 0 Å². The zero-order valence-corrected chi connectivity index (χ0v) is 24.1. The second-order valence-electron chi connectivity index (χ2n) is 11.1. The topological polar surface area (TPSA) is 103 Å². The van der Waals surface area contributed by atoms with Crippen LogP contribution in [-0.4, -0.2) is 55.6 Å². The van der Waals surface area contributed by atoms with Crippen LogP contribution in [0.3, 0.4) is 0 Å². The van der Waals surface area contributed by atoms with Gasteiger partial charge in [0.1, 0.15) is 11.3 Å². The van der Waals surface area contributed by atoms with E-state index in [2.05, 4.69) is 80.2 Å². The Labute approximate surface area is 248 Å². The molecule has 0 aliphatic carbocycles. The third kappa shape index (κ3) is 5.35. The van der Waals surface area contributed by atoms with E-state index in [1.165, 1.54) is 10.1 Å². The number of rotatable bonds is 7. The first-order valence-electron chi connectivity index (χ1n) is 14.8. The maximum Gasteiger partial charge on any atom is 0.317 e. The lowest BCUT2D eigenvalue weighted by Gasteiger charge is -2.36. The molecule has 0 saturated carbocycles. The van der Waals surface area contributed by atoms with Gasteiger partial charge in [0.2, 0.25) is 0 Å². The molecule has 4 heterocycles. The number of aryl methyl sites for hydroxylation is 1. The van der Waals surface area contributed by atoms with E-state index in [4.69, 9.17) is 4.98 Å². The van der Waals surface area contributed by atoms with Gasteiger partial charge in [0, 0.05) is 50.7 Å². The number of aromatic amines is 2. The van der Waals surface area contributed by atoms with E-state index in [0.29, 0.717) is 17.6 Å². The number of imidazole rings is 1. The molecule has 1 aliphatic rings. The summed E-state index contributed by atoms with van der Waals surface area (Å²) in [6.07, 6.45) is 4.39. The molecular weight excluding hydrogens is 538 g/mol. The Balaban J connectivity index is 1.07. The minimum atomic E-state index is -0.610. The molecule has 43 heavy (non-hydrogen) atoms. The van der Waals surface area contributed by atoms with Crippen molar-refractivity contribution in [2.75, 3.05) is 31.1 Å². The third-order valence-electron chi connectivity index (χ3n) is 8.38. The van der Waals surface area contributed by atoms with Crippen molar-refractivity contribution in [2.45, 2.75) is 26.4 Å². The molecule has 6 aromatic rings. The number of aromatic nitrogens is 5. The van der Waals surface area contributed by atoms with Crippen molar-refractivity contribution in [1.29, 1.82) is 0 Å². The number of hydrogen-bond acceptors (Lipinski definition) is 6. The first-order valence-corrected chi connectivity index (χ1v) is 14.8. The number of para-hydroxylation sites is 1. The zero-order valence-electron chi connectivity index (χ0n) is 24.1. The number of nitrogens with zero attached hydrogens (tertiary/aromatic N) is 5. The average molecular weight is 572 g/mol. The van der Waals surface area contributed by atoms with Crippen LogP contribution in [0.2, 0.25) is 0 Å². The summed E-state index contributed by atoms with van der Waals surface area (Å²) in [6, 6.07) is 24.6. The van der Waals surface area contributed by atoms with Gasteiger partial charge in [-0.1, -0.05) is 43.3 Å². The molecule has 3 aromatic heterocycles. The molecule has 216 valence electrons. The van der Waals surface area contributed by atoms with Gasteiger partial charge >= 0.3 is 11.1 Å². The Hall–Kier alpha value is -5.02. The van der Waals surface area contributed by atoms with Gasteiger partial charge in [0.25, 0.3) is 0 Å². The summed E-state index contributed by atoms with van der Waals surface area (Å²) in [7, 11) is 0. The number of benzene rings is 3. The number of nitrogens with one attached hydrogen (secondary N) is 2. The summed E-state index contributed by atoms with van der Waals surface area (Å²) in [5.74, 6) is 0.893. The van der Waals surface area contributed by atoms with Crippen LogP contribution in [0.15, 0.2) is 94.8 Å². The van der Waals surface area contributed by atoms with E-state index in [1.54, 1.807) is 12.4 Å². The fraction of sp³-hybridized carbons (Fsp3) is 0.235. The van der Waals surface area contributed by atoms with Gasteiger partial charge < -0.3 is 14.9 Å². The minimum absolute atomic E-state index is 0.318.